The molecule has 5 heteroatoms. The van der Waals surface area contributed by atoms with Crippen LogP contribution in [0.25, 0.3) is 0 Å². The molecule has 2 N–H and O–H groups in total. The van der Waals surface area contributed by atoms with Crippen LogP contribution < -0.4 is 5.32 Å². The first-order chi connectivity index (χ1) is 10.6. The van der Waals surface area contributed by atoms with Crippen LogP contribution in [0.2, 0.25) is 0 Å². The van der Waals surface area contributed by atoms with E-state index in [2.05, 4.69) is 36.1 Å². The Hall–Kier alpha value is -1.52. The topological polar surface area (TPSA) is 61.0 Å². The molecule has 0 saturated carbocycles. The number of carbonyl (C=O) groups excluding carboxylic acids is 1. The maximum Gasteiger partial charge on any atom is 0.317 e. The summed E-state index contributed by atoms with van der Waals surface area (Å²) in [6, 6.07) is 0.0796. The van der Waals surface area contributed by atoms with Gasteiger partial charge in [-0.15, -0.1) is 0 Å². The van der Waals surface area contributed by atoms with Crippen molar-refractivity contribution >= 4 is 6.03 Å². The minimum atomic E-state index is 0.0796. The lowest BCUT2D eigenvalue weighted by molar-refractivity contribution is 0.167. The molecule has 2 rings (SSSR count). The van der Waals surface area contributed by atoms with Gasteiger partial charge < -0.3 is 15.2 Å². The van der Waals surface area contributed by atoms with E-state index in [1.165, 1.54) is 0 Å². The number of aromatic amines is 1. The van der Waals surface area contributed by atoms with E-state index in [0.717, 1.165) is 57.6 Å². The largest absolute Gasteiger partial charge is 0.348 e. The molecule has 0 aliphatic carbocycles. The van der Waals surface area contributed by atoms with Crippen LogP contribution in [0.3, 0.4) is 0 Å². The number of aromatic nitrogens is 2. The smallest absolute Gasteiger partial charge is 0.317 e. The molecule has 2 amide bonds. The second kappa shape index (κ2) is 7.65. The van der Waals surface area contributed by atoms with E-state index >= 15 is 0 Å². The standard InChI is InChI=1S/C17H30N4O/c1-4-17(5-2,6-3)13-20-16(22)21-11-7-8-14(12-21)15-18-9-10-19-15/h9-10,14H,4-8,11-13H2,1-3H3,(H,18,19)(H,20,22). The van der Waals surface area contributed by atoms with Gasteiger partial charge in [0.1, 0.15) is 5.82 Å². The van der Waals surface area contributed by atoms with E-state index in [-0.39, 0.29) is 11.4 Å². The summed E-state index contributed by atoms with van der Waals surface area (Å²) in [5.41, 5.74) is 0.242. The summed E-state index contributed by atoms with van der Waals surface area (Å²) in [4.78, 5) is 22.0. The quantitative estimate of drug-likeness (QED) is 0.845. The first-order valence-electron chi connectivity index (χ1n) is 8.66. The molecule has 2 heterocycles. The van der Waals surface area contributed by atoms with E-state index in [0.29, 0.717) is 5.92 Å². The minimum Gasteiger partial charge on any atom is -0.348 e. The Morgan fingerprint density at radius 3 is 2.73 bits per heavy atom. The van der Waals surface area contributed by atoms with Gasteiger partial charge in [0.25, 0.3) is 0 Å². The van der Waals surface area contributed by atoms with Crippen LogP contribution in [0, 0.1) is 5.41 Å². The number of piperidine rings is 1. The third-order valence-electron chi connectivity index (χ3n) is 5.48. The van der Waals surface area contributed by atoms with Crippen molar-refractivity contribution < 1.29 is 4.79 Å². The SMILES string of the molecule is CCC(CC)(CC)CNC(=O)N1CCCC(c2ncc[nH]2)C1. The van der Waals surface area contributed by atoms with Crippen LogP contribution >= 0.6 is 0 Å². The first kappa shape index (κ1) is 16.8. The summed E-state index contributed by atoms with van der Waals surface area (Å²) in [7, 11) is 0. The number of nitrogens with zero attached hydrogens (tertiary/aromatic N) is 2. The van der Waals surface area contributed by atoms with Gasteiger partial charge in [0.15, 0.2) is 0 Å². The Balaban J connectivity index is 1.89. The lowest BCUT2D eigenvalue weighted by Gasteiger charge is -2.35. The van der Waals surface area contributed by atoms with Crippen molar-refractivity contribution in [3.05, 3.63) is 18.2 Å². The Morgan fingerprint density at radius 2 is 2.14 bits per heavy atom. The lowest BCUT2D eigenvalue weighted by Crippen LogP contribution is -2.48. The maximum absolute atomic E-state index is 12.5. The van der Waals surface area contributed by atoms with Gasteiger partial charge in [-0.1, -0.05) is 20.8 Å². The molecular weight excluding hydrogens is 276 g/mol. The molecule has 0 bridgehead atoms. The highest BCUT2D eigenvalue weighted by Gasteiger charge is 2.28. The normalized spacial score (nSPS) is 19.2. The molecule has 22 heavy (non-hydrogen) atoms. The zero-order valence-electron chi connectivity index (χ0n) is 14.2. The average molecular weight is 306 g/mol. The predicted molar refractivity (Wildman–Crippen MR) is 88.8 cm³/mol. The molecule has 1 aliphatic rings. The van der Waals surface area contributed by atoms with E-state index in [9.17, 15) is 4.79 Å². The average Bonchev–Trinajstić information content (AvgIpc) is 3.11. The van der Waals surface area contributed by atoms with Gasteiger partial charge in [-0.25, -0.2) is 9.78 Å². The molecule has 0 aromatic carbocycles. The third-order valence-corrected chi connectivity index (χ3v) is 5.48. The highest BCUT2D eigenvalue weighted by Crippen LogP contribution is 2.29. The van der Waals surface area contributed by atoms with Crippen LogP contribution in [0.1, 0.15) is 64.6 Å². The Labute approximate surface area is 133 Å². The van der Waals surface area contributed by atoms with Gasteiger partial charge in [0.05, 0.1) is 0 Å². The molecule has 1 unspecified atom stereocenters. The molecule has 1 aliphatic heterocycles. The number of rotatable bonds is 6. The number of imidazole rings is 1. The second-order valence-electron chi connectivity index (χ2n) is 6.48. The first-order valence-corrected chi connectivity index (χ1v) is 8.66. The number of carbonyl (C=O) groups is 1. The van der Waals surface area contributed by atoms with Gasteiger partial charge in [0, 0.05) is 37.9 Å². The van der Waals surface area contributed by atoms with E-state index in [4.69, 9.17) is 0 Å². The van der Waals surface area contributed by atoms with E-state index < -0.39 is 0 Å². The monoisotopic (exact) mass is 306 g/mol. The van der Waals surface area contributed by atoms with E-state index in [1.54, 1.807) is 6.20 Å². The number of hydrogen-bond acceptors (Lipinski definition) is 2. The van der Waals surface area contributed by atoms with Crippen molar-refractivity contribution in [1.29, 1.82) is 0 Å². The molecule has 5 nitrogen and oxygen atoms in total. The van der Waals surface area contributed by atoms with Crippen molar-refractivity contribution in [3.8, 4) is 0 Å². The fraction of sp³-hybridized carbons (Fsp3) is 0.765. The zero-order valence-corrected chi connectivity index (χ0v) is 14.2. The summed E-state index contributed by atoms with van der Waals surface area (Å²) < 4.78 is 0. The molecule has 1 aromatic heterocycles. The zero-order chi connectivity index (χ0) is 16.0. The van der Waals surface area contributed by atoms with Crippen molar-refractivity contribution in [2.75, 3.05) is 19.6 Å². The summed E-state index contributed by atoms with van der Waals surface area (Å²) in [5, 5.41) is 3.17. The van der Waals surface area contributed by atoms with Gasteiger partial charge in [0.2, 0.25) is 0 Å². The molecular formula is C17H30N4O. The second-order valence-corrected chi connectivity index (χ2v) is 6.48. The Morgan fingerprint density at radius 1 is 1.41 bits per heavy atom. The maximum atomic E-state index is 12.5. The summed E-state index contributed by atoms with van der Waals surface area (Å²) in [5.74, 6) is 1.34. The summed E-state index contributed by atoms with van der Waals surface area (Å²) >= 11 is 0. The van der Waals surface area contributed by atoms with Crippen LogP contribution in [-0.4, -0.2) is 40.5 Å². The fourth-order valence-corrected chi connectivity index (χ4v) is 3.39. The van der Waals surface area contributed by atoms with Crippen LogP contribution in [0.4, 0.5) is 4.79 Å². The lowest BCUT2D eigenvalue weighted by atomic mass is 9.80. The summed E-state index contributed by atoms with van der Waals surface area (Å²) in [6.07, 6.45) is 9.10. The number of amides is 2. The Kier molecular flexibility index (Phi) is 5.86. The molecule has 0 spiro atoms. The molecule has 1 atom stereocenters. The van der Waals surface area contributed by atoms with Gasteiger partial charge in [-0.2, -0.15) is 0 Å². The Bertz CT molecular complexity index is 445. The predicted octanol–water partition coefficient (Wildman–Crippen LogP) is 3.52. The highest BCUT2D eigenvalue weighted by molar-refractivity contribution is 5.74. The van der Waals surface area contributed by atoms with Crippen molar-refractivity contribution in [1.82, 2.24) is 20.2 Å². The van der Waals surface area contributed by atoms with Crippen molar-refractivity contribution in [3.63, 3.8) is 0 Å². The number of hydrogen-bond donors (Lipinski definition) is 2. The number of H-pyrrole nitrogens is 1. The molecule has 124 valence electrons. The fourth-order valence-electron chi connectivity index (χ4n) is 3.39. The number of urea groups is 1. The van der Waals surface area contributed by atoms with Crippen LogP contribution in [-0.2, 0) is 0 Å². The third kappa shape index (κ3) is 3.81. The number of nitrogens with one attached hydrogen (secondary N) is 2. The van der Waals surface area contributed by atoms with Gasteiger partial charge >= 0.3 is 6.03 Å². The number of likely N-dealkylation sites (tertiary alicyclic amines) is 1. The minimum absolute atomic E-state index is 0.0796. The van der Waals surface area contributed by atoms with Crippen LogP contribution in [0.5, 0.6) is 0 Å². The van der Waals surface area contributed by atoms with Gasteiger partial charge in [-0.05, 0) is 37.5 Å². The molecule has 1 saturated heterocycles. The highest BCUT2D eigenvalue weighted by atomic mass is 16.2. The van der Waals surface area contributed by atoms with Crippen molar-refractivity contribution in [2.24, 2.45) is 5.41 Å². The molecule has 1 fully saturated rings. The van der Waals surface area contributed by atoms with E-state index in [1.807, 2.05) is 11.1 Å². The molecule has 1 aromatic rings. The van der Waals surface area contributed by atoms with Gasteiger partial charge in [-0.3, -0.25) is 0 Å². The van der Waals surface area contributed by atoms with Crippen molar-refractivity contribution in [2.45, 2.75) is 58.8 Å². The van der Waals surface area contributed by atoms with Crippen LogP contribution in [0.15, 0.2) is 12.4 Å². The molecule has 0 radical (unpaired) electrons. The summed E-state index contributed by atoms with van der Waals surface area (Å²) in [6.45, 7) is 9.03.